The predicted molar refractivity (Wildman–Crippen MR) is 138 cm³/mol. The molecule has 4 aliphatic heterocycles. The molecule has 7 rings (SSSR count). The van der Waals surface area contributed by atoms with Crippen LogP contribution in [0.25, 0.3) is 5.65 Å². The number of anilines is 2. The van der Waals surface area contributed by atoms with Crippen molar-refractivity contribution in [1.29, 1.82) is 0 Å². The first-order valence-electron chi connectivity index (χ1n) is 12.7. The lowest BCUT2D eigenvalue weighted by Gasteiger charge is -2.35. The Morgan fingerprint density at radius 2 is 1.79 bits per heavy atom. The van der Waals surface area contributed by atoms with Crippen molar-refractivity contribution in [3.05, 3.63) is 71.2 Å². The summed E-state index contributed by atoms with van der Waals surface area (Å²) >= 11 is 0. The molecule has 0 bridgehead atoms. The molecule has 0 unspecified atom stereocenters. The van der Waals surface area contributed by atoms with Gasteiger partial charge in [-0.3, -0.25) is 9.30 Å². The number of nitrogens with one attached hydrogen (secondary N) is 1. The molecule has 6 heteroatoms. The van der Waals surface area contributed by atoms with Gasteiger partial charge in [-0.25, -0.2) is 4.98 Å². The fourth-order valence-electron chi connectivity index (χ4n) is 6.31. The van der Waals surface area contributed by atoms with E-state index in [1.807, 2.05) is 6.20 Å². The fraction of sp³-hybridized carbons (Fsp3) is 0.444. The number of imidazole rings is 1. The molecule has 1 spiro atoms. The monoisotopic (exact) mass is 455 g/mol. The summed E-state index contributed by atoms with van der Waals surface area (Å²) < 4.78 is 2.28. The SMILES string of the molecule is c1ccc(CN2CCC3=C(C2)Nc2c(c(N4CC[Si]5(CC4)CC5)cc4nccn24)CC3)cc1. The third-order valence-corrected chi connectivity index (χ3v) is 13.1. The Morgan fingerprint density at radius 1 is 0.939 bits per heavy atom. The molecule has 6 heterocycles. The molecular formula is C27H33N5Si. The summed E-state index contributed by atoms with van der Waals surface area (Å²) in [5, 5.41) is 3.96. The van der Waals surface area contributed by atoms with Crippen LogP contribution in [0.3, 0.4) is 0 Å². The smallest absolute Gasteiger partial charge is 0.140 e. The Bertz CT molecular complexity index is 1220. The highest BCUT2D eigenvalue weighted by molar-refractivity contribution is 6.89. The topological polar surface area (TPSA) is 35.8 Å². The van der Waals surface area contributed by atoms with Gasteiger partial charge in [-0.2, -0.15) is 0 Å². The van der Waals surface area contributed by atoms with Crippen LogP contribution >= 0.6 is 0 Å². The average molecular weight is 456 g/mol. The Hall–Kier alpha value is -2.57. The summed E-state index contributed by atoms with van der Waals surface area (Å²) in [4.78, 5) is 9.99. The highest BCUT2D eigenvalue weighted by Crippen LogP contribution is 2.47. The van der Waals surface area contributed by atoms with Gasteiger partial charge in [0.2, 0.25) is 0 Å². The average Bonchev–Trinajstić information content (AvgIpc) is 3.48. The molecule has 0 amide bonds. The summed E-state index contributed by atoms with van der Waals surface area (Å²) in [5.74, 6) is 1.26. The van der Waals surface area contributed by atoms with Gasteiger partial charge < -0.3 is 10.2 Å². The van der Waals surface area contributed by atoms with Gasteiger partial charge in [-0.15, -0.1) is 0 Å². The summed E-state index contributed by atoms with van der Waals surface area (Å²) in [7, 11) is -0.758. The molecule has 2 aromatic heterocycles. The van der Waals surface area contributed by atoms with E-state index < -0.39 is 8.07 Å². The highest BCUT2D eigenvalue weighted by atomic mass is 28.3. The minimum absolute atomic E-state index is 0.758. The molecule has 170 valence electrons. The van der Waals surface area contributed by atoms with Crippen LogP contribution in [0, 0.1) is 0 Å². The Labute approximate surface area is 197 Å². The van der Waals surface area contributed by atoms with E-state index in [1.54, 1.807) is 17.7 Å². The Kier molecular flexibility index (Phi) is 4.66. The second-order valence-electron chi connectivity index (χ2n) is 10.7. The molecule has 5 nitrogen and oxygen atoms in total. The van der Waals surface area contributed by atoms with Crippen LogP contribution in [0.5, 0.6) is 0 Å². The minimum atomic E-state index is -0.758. The van der Waals surface area contributed by atoms with E-state index in [0.29, 0.717) is 0 Å². The Morgan fingerprint density at radius 3 is 2.61 bits per heavy atom. The minimum Gasteiger partial charge on any atom is -0.372 e. The van der Waals surface area contributed by atoms with Crippen molar-refractivity contribution in [3.8, 4) is 0 Å². The summed E-state index contributed by atoms with van der Waals surface area (Å²) in [6.45, 7) is 5.69. The van der Waals surface area contributed by atoms with Gasteiger partial charge in [0.1, 0.15) is 11.5 Å². The van der Waals surface area contributed by atoms with Crippen molar-refractivity contribution in [1.82, 2.24) is 14.3 Å². The van der Waals surface area contributed by atoms with Gasteiger partial charge in [-0.05, 0) is 42.5 Å². The maximum absolute atomic E-state index is 4.71. The van der Waals surface area contributed by atoms with Gasteiger partial charge in [0.05, 0.1) is 8.07 Å². The van der Waals surface area contributed by atoms with E-state index in [-0.39, 0.29) is 0 Å². The van der Waals surface area contributed by atoms with Gasteiger partial charge in [-0.1, -0.05) is 42.4 Å². The lowest BCUT2D eigenvalue weighted by atomic mass is 9.98. The van der Waals surface area contributed by atoms with Crippen LogP contribution in [0.15, 0.2) is 60.1 Å². The first-order valence-corrected chi connectivity index (χ1v) is 15.6. The summed E-state index contributed by atoms with van der Waals surface area (Å²) in [6, 6.07) is 19.4. The number of aromatic nitrogens is 2. The molecule has 4 aliphatic rings. The molecular weight excluding hydrogens is 422 g/mol. The van der Waals surface area contributed by atoms with Gasteiger partial charge in [0.25, 0.3) is 0 Å². The Balaban J connectivity index is 1.20. The molecule has 0 aliphatic carbocycles. The molecule has 2 fully saturated rings. The summed E-state index contributed by atoms with van der Waals surface area (Å²) in [6.07, 6.45) is 7.55. The fourth-order valence-corrected chi connectivity index (χ4v) is 10.5. The first kappa shape index (κ1) is 19.9. The highest BCUT2D eigenvalue weighted by Gasteiger charge is 2.47. The second-order valence-corrected chi connectivity index (χ2v) is 15.7. The number of nitrogens with zero attached hydrogens (tertiary/aromatic N) is 4. The molecule has 1 aromatic carbocycles. The number of hydrogen-bond donors (Lipinski definition) is 1. The molecule has 0 radical (unpaired) electrons. The van der Waals surface area contributed by atoms with E-state index >= 15 is 0 Å². The van der Waals surface area contributed by atoms with Crippen molar-refractivity contribution >= 4 is 25.2 Å². The van der Waals surface area contributed by atoms with Gasteiger partial charge >= 0.3 is 0 Å². The van der Waals surface area contributed by atoms with Crippen molar-refractivity contribution < 1.29 is 0 Å². The van der Waals surface area contributed by atoms with Gasteiger partial charge in [0.15, 0.2) is 0 Å². The third-order valence-electron chi connectivity index (χ3n) is 8.63. The van der Waals surface area contributed by atoms with E-state index in [1.165, 1.54) is 66.3 Å². The van der Waals surface area contributed by atoms with Gasteiger partial charge in [0, 0.05) is 68.1 Å². The second kappa shape index (κ2) is 7.74. The van der Waals surface area contributed by atoms with E-state index in [9.17, 15) is 0 Å². The first-order chi connectivity index (χ1) is 16.3. The quantitative estimate of drug-likeness (QED) is 0.555. The number of rotatable bonds is 3. The van der Waals surface area contributed by atoms with Crippen LogP contribution in [0.2, 0.25) is 24.2 Å². The lowest BCUT2D eigenvalue weighted by Crippen LogP contribution is -2.39. The maximum Gasteiger partial charge on any atom is 0.140 e. The molecule has 0 atom stereocenters. The van der Waals surface area contributed by atoms with Crippen LogP contribution in [0.4, 0.5) is 11.5 Å². The zero-order chi connectivity index (χ0) is 21.8. The van der Waals surface area contributed by atoms with E-state index in [2.05, 4.69) is 62.1 Å². The lowest BCUT2D eigenvalue weighted by molar-refractivity contribution is 0.276. The molecule has 0 saturated carbocycles. The standard InChI is InChI=1S/C27H33N5Si/c1-2-4-21(5-3-1)19-30-10-8-22-6-7-23-25(31-12-14-33(15-13-31)16-17-33)18-26-28-9-11-32(26)27(23)29-24(22)20-30/h1-5,9,11,18,29H,6-8,10,12-17,19-20H2. The van der Waals surface area contributed by atoms with E-state index in [4.69, 9.17) is 4.98 Å². The van der Waals surface area contributed by atoms with Crippen molar-refractivity contribution in [3.63, 3.8) is 0 Å². The van der Waals surface area contributed by atoms with E-state index in [0.717, 1.165) is 31.7 Å². The number of benzene rings is 1. The normalized spacial score (nSPS) is 22.1. The predicted octanol–water partition coefficient (Wildman–Crippen LogP) is 5.13. The van der Waals surface area contributed by atoms with Crippen molar-refractivity contribution in [2.45, 2.75) is 50.0 Å². The van der Waals surface area contributed by atoms with Crippen molar-refractivity contribution in [2.75, 3.05) is 36.4 Å². The molecule has 1 N–H and O–H groups in total. The van der Waals surface area contributed by atoms with Crippen LogP contribution in [-0.4, -0.2) is 48.5 Å². The van der Waals surface area contributed by atoms with Crippen LogP contribution in [-0.2, 0) is 13.0 Å². The molecule has 3 aromatic rings. The third kappa shape index (κ3) is 3.60. The largest absolute Gasteiger partial charge is 0.372 e. The van der Waals surface area contributed by atoms with Crippen molar-refractivity contribution in [2.24, 2.45) is 0 Å². The molecule has 33 heavy (non-hydrogen) atoms. The number of pyridine rings is 1. The summed E-state index contributed by atoms with van der Waals surface area (Å²) in [5.41, 5.74) is 8.46. The van der Waals surface area contributed by atoms with Crippen LogP contribution in [0.1, 0.15) is 24.0 Å². The molecule has 2 saturated heterocycles. The van der Waals surface area contributed by atoms with Crippen LogP contribution < -0.4 is 10.2 Å². The number of hydrogen-bond acceptors (Lipinski definition) is 4. The number of fused-ring (bicyclic) bond motifs is 3. The maximum atomic E-state index is 4.71. The zero-order valence-corrected chi connectivity index (χ0v) is 20.4. The zero-order valence-electron chi connectivity index (χ0n) is 19.4.